The Labute approximate surface area is 141 Å². The van der Waals surface area contributed by atoms with Crippen molar-refractivity contribution >= 4 is 17.2 Å². The van der Waals surface area contributed by atoms with Crippen molar-refractivity contribution in [1.29, 1.82) is 0 Å². The molecule has 0 bridgehead atoms. The van der Waals surface area contributed by atoms with E-state index in [2.05, 4.69) is 34.1 Å². The molecule has 0 radical (unpaired) electrons. The summed E-state index contributed by atoms with van der Waals surface area (Å²) < 4.78 is 0. The summed E-state index contributed by atoms with van der Waals surface area (Å²) >= 11 is 1.65. The summed E-state index contributed by atoms with van der Waals surface area (Å²) in [6.45, 7) is 6.55. The van der Waals surface area contributed by atoms with Gasteiger partial charge < -0.3 is 4.90 Å². The Kier molecular flexibility index (Phi) is 5.41. The lowest BCUT2D eigenvalue weighted by Gasteiger charge is -2.34. The highest BCUT2D eigenvalue weighted by Gasteiger charge is 2.21. The van der Waals surface area contributed by atoms with Crippen LogP contribution in [0.3, 0.4) is 0 Å². The van der Waals surface area contributed by atoms with E-state index in [0.717, 1.165) is 49.8 Å². The number of carbonyl (C=O) groups is 1. The van der Waals surface area contributed by atoms with Gasteiger partial charge in [0.25, 0.3) is 0 Å². The molecule has 1 aliphatic heterocycles. The van der Waals surface area contributed by atoms with Gasteiger partial charge in [-0.2, -0.15) is 0 Å². The van der Waals surface area contributed by atoms with E-state index in [1.165, 1.54) is 5.56 Å². The number of hydrogen-bond acceptors (Lipinski definition) is 4. The molecule has 0 unspecified atom stereocenters. The Morgan fingerprint density at radius 3 is 2.57 bits per heavy atom. The molecule has 1 aromatic heterocycles. The average Bonchev–Trinajstić information content (AvgIpc) is 3.00. The molecule has 1 amide bonds. The highest BCUT2D eigenvalue weighted by Crippen LogP contribution is 2.13. The summed E-state index contributed by atoms with van der Waals surface area (Å²) in [5.74, 6) is 0.261. The number of nitrogens with zero attached hydrogens (tertiary/aromatic N) is 3. The van der Waals surface area contributed by atoms with Gasteiger partial charge >= 0.3 is 0 Å². The molecular weight excluding hydrogens is 306 g/mol. The number of aromatic nitrogens is 1. The van der Waals surface area contributed by atoms with Gasteiger partial charge in [-0.05, 0) is 12.5 Å². The lowest BCUT2D eigenvalue weighted by atomic mass is 10.2. The van der Waals surface area contributed by atoms with Crippen LogP contribution in [0.2, 0.25) is 0 Å². The third kappa shape index (κ3) is 4.62. The molecule has 1 aromatic carbocycles. The van der Waals surface area contributed by atoms with E-state index < -0.39 is 0 Å². The van der Waals surface area contributed by atoms with Crippen LogP contribution in [0.5, 0.6) is 0 Å². The number of benzene rings is 1. The second kappa shape index (κ2) is 7.70. The smallest absolute Gasteiger partial charge is 0.223 e. The van der Waals surface area contributed by atoms with Crippen LogP contribution >= 0.6 is 11.3 Å². The first kappa shape index (κ1) is 16.1. The van der Waals surface area contributed by atoms with Gasteiger partial charge in [0.05, 0.1) is 5.01 Å². The largest absolute Gasteiger partial charge is 0.340 e. The maximum absolute atomic E-state index is 12.3. The Balaban J connectivity index is 1.42. The zero-order chi connectivity index (χ0) is 16.1. The summed E-state index contributed by atoms with van der Waals surface area (Å²) in [6, 6.07) is 10.5. The number of amides is 1. The molecule has 122 valence electrons. The molecule has 1 aliphatic rings. The van der Waals surface area contributed by atoms with E-state index >= 15 is 0 Å². The molecule has 0 spiro atoms. The SMILES string of the molecule is Cc1csc(CCC(=O)N2CCN(Cc3ccccc3)CC2)n1. The quantitative estimate of drug-likeness (QED) is 0.846. The van der Waals surface area contributed by atoms with Crippen molar-refractivity contribution in [3.05, 3.63) is 52.0 Å². The summed E-state index contributed by atoms with van der Waals surface area (Å²) in [4.78, 5) is 21.2. The van der Waals surface area contributed by atoms with E-state index in [1.54, 1.807) is 11.3 Å². The number of rotatable bonds is 5. The lowest BCUT2D eigenvalue weighted by molar-refractivity contribution is -0.133. The van der Waals surface area contributed by atoms with Crippen LogP contribution in [0.1, 0.15) is 22.7 Å². The number of piperazine rings is 1. The zero-order valence-corrected chi connectivity index (χ0v) is 14.4. The number of thiazole rings is 1. The molecule has 2 heterocycles. The van der Waals surface area contributed by atoms with Gasteiger partial charge in [-0.3, -0.25) is 9.69 Å². The summed E-state index contributed by atoms with van der Waals surface area (Å²) in [5, 5.41) is 3.11. The van der Waals surface area contributed by atoms with Gasteiger partial charge in [0.1, 0.15) is 0 Å². The van der Waals surface area contributed by atoms with Crippen molar-refractivity contribution in [3.8, 4) is 0 Å². The maximum atomic E-state index is 12.3. The molecule has 2 aromatic rings. The highest BCUT2D eigenvalue weighted by molar-refractivity contribution is 7.09. The van der Waals surface area contributed by atoms with Crippen molar-refractivity contribution in [2.24, 2.45) is 0 Å². The molecule has 1 fully saturated rings. The van der Waals surface area contributed by atoms with Crippen LogP contribution in [0, 0.1) is 6.92 Å². The molecule has 0 saturated carbocycles. The number of aryl methyl sites for hydroxylation is 2. The molecule has 23 heavy (non-hydrogen) atoms. The van der Waals surface area contributed by atoms with Gasteiger partial charge in [0.15, 0.2) is 0 Å². The van der Waals surface area contributed by atoms with E-state index in [4.69, 9.17) is 0 Å². The van der Waals surface area contributed by atoms with E-state index in [9.17, 15) is 4.79 Å². The average molecular weight is 329 g/mol. The normalized spacial score (nSPS) is 15.8. The van der Waals surface area contributed by atoms with E-state index in [0.29, 0.717) is 6.42 Å². The summed E-state index contributed by atoms with van der Waals surface area (Å²) in [5.41, 5.74) is 2.39. The second-order valence-electron chi connectivity index (χ2n) is 6.03. The molecule has 4 nitrogen and oxygen atoms in total. The Morgan fingerprint density at radius 1 is 1.17 bits per heavy atom. The first-order valence-corrected chi connectivity index (χ1v) is 9.04. The molecule has 3 rings (SSSR count). The maximum Gasteiger partial charge on any atom is 0.223 e. The fourth-order valence-electron chi connectivity index (χ4n) is 2.89. The van der Waals surface area contributed by atoms with Crippen molar-refractivity contribution in [3.63, 3.8) is 0 Å². The minimum absolute atomic E-state index is 0.261. The Hall–Kier alpha value is -1.72. The minimum Gasteiger partial charge on any atom is -0.340 e. The van der Waals surface area contributed by atoms with Crippen LogP contribution in [0.4, 0.5) is 0 Å². The molecule has 0 N–H and O–H groups in total. The molecule has 0 atom stereocenters. The van der Waals surface area contributed by atoms with Gasteiger partial charge in [-0.25, -0.2) is 4.98 Å². The number of carbonyl (C=O) groups excluding carboxylic acids is 1. The zero-order valence-electron chi connectivity index (χ0n) is 13.6. The first-order chi connectivity index (χ1) is 11.2. The van der Waals surface area contributed by atoms with E-state index in [1.807, 2.05) is 23.3 Å². The van der Waals surface area contributed by atoms with Gasteiger partial charge in [0.2, 0.25) is 5.91 Å². The third-order valence-corrected chi connectivity index (χ3v) is 5.22. The monoisotopic (exact) mass is 329 g/mol. The van der Waals surface area contributed by atoms with Gasteiger partial charge in [0, 0.05) is 56.6 Å². The van der Waals surface area contributed by atoms with Crippen LogP contribution < -0.4 is 0 Å². The minimum atomic E-state index is 0.261. The molecule has 0 aliphatic carbocycles. The summed E-state index contributed by atoms with van der Waals surface area (Å²) in [6.07, 6.45) is 1.34. The molecule has 5 heteroatoms. The van der Waals surface area contributed by atoms with Crippen LogP contribution in [-0.4, -0.2) is 46.9 Å². The van der Waals surface area contributed by atoms with E-state index in [-0.39, 0.29) is 5.91 Å². The van der Waals surface area contributed by atoms with Crippen LogP contribution in [-0.2, 0) is 17.8 Å². The second-order valence-corrected chi connectivity index (χ2v) is 6.97. The van der Waals surface area contributed by atoms with Crippen LogP contribution in [0.15, 0.2) is 35.7 Å². The fraction of sp³-hybridized carbons (Fsp3) is 0.444. The highest BCUT2D eigenvalue weighted by atomic mass is 32.1. The van der Waals surface area contributed by atoms with Crippen molar-refractivity contribution < 1.29 is 4.79 Å². The van der Waals surface area contributed by atoms with Crippen molar-refractivity contribution in [1.82, 2.24) is 14.8 Å². The number of hydrogen-bond donors (Lipinski definition) is 0. The Bertz CT molecular complexity index is 633. The van der Waals surface area contributed by atoms with Gasteiger partial charge in [-0.1, -0.05) is 30.3 Å². The third-order valence-electron chi connectivity index (χ3n) is 4.19. The van der Waals surface area contributed by atoms with Crippen molar-refractivity contribution in [2.75, 3.05) is 26.2 Å². The predicted molar refractivity (Wildman–Crippen MR) is 93.5 cm³/mol. The standard InChI is InChI=1S/C18H23N3OS/c1-15-14-23-17(19-15)7-8-18(22)21-11-9-20(10-12-21)13-16-5-3-2-4-6-16/h2-6,14H,7-13H2,1H3. The molecular formula is C18H23N3OS. The lowest BCUT2D eigenvalue weighted by Crippen LogP contribution is -2.48. The fourth-order valence-corrected chi connectivity index (χ4v) is 3.66. The first-order valence-electron chi connectivity index (χ1n) is 8.16. The molecule has 1 saturated heterocycles. The predicted octanol–water partition coefficient (Wildman–Crippen LogP) is 2.73. The summed E-state index contributed by atoms with van der Waals surface area (Å²) in [7, 11) is 0. The van der Waals surface area contributed by atoms with Crippen molar-refractivity contribution in [2.45, 2.75) is 26.3 Å². The Morgan fingerprint density at radius 2 is 1.91 bits per heavy atom. The van der Waals surface area contributed by atoms with Gasteiger partial charge in [-0.15, -0.1) is 11.3 Å². The van der Waals surface area contributed by atoms with Crippen LogP contribution in [0.25, 0.3) is 0 Å². The topological polar surface area (TPSA) is 36.4 Å².